The van der Waals surface area contributed by atoms with Gasteiger partial charge < -0.3 is 21.3 Å². The van der Waals surface area contributed by atoms with Gasteiger partial charge in [0.15, 0.2) is 17.7 Å². The predicted molar refractivity (Wildman–Crippen MR) is 63.3 cm³/mol. The molecule has 0 aliphatic carbocycles. The Balaban J connectivity index is 2.02. The summed E-state index contributed by atoms with van der Waals surface area (Å²) < 4.78 is 7.32. The number of aromatic nitrogens is 4. The average molecular weight is 250 g/mol. The van der Waals surface area contributed by atoms with Crippen molar-refractivity contribution in [1.29, 1.82) is 0 Å². The van der Waals surface area contributed by atoms with Crippen LogP contribution in [0, 0.1) is 0 Å². The van der Waals surface area contributed by atoms with E-state index in [4.69, 9.17) is 16.2 Å². The van der Waals surface area contributed by atoms with E-state index in [2.05, 4.69) is 15.0 Å². The van der Waals surface area contributed by atoms with Crippen LogP contribution in [0.3, 0.4) is 0 Å². The number of hydrogen-bond donors (Lipinski definition) is 3. The Morgan fingerprint density at radius 3 is 3.00 bits per heavy atom. The molecule has 0 bridgehead atoms. The first-order chi connectivity index (χ1) is 8.70. The fraction of sp³-hybridized carbons (Fsp3) is 0.500. The van der Waals surface area contributed by atoms with E-state index in [1.165, 1.54) is 6.33 Å². The highest BCUT2D eigenvalue weighted by Gasteiger charge is 2.35. The van der Waals surface area contributed by atoms with Crippen molar-refractivity contribution in [3.63, 3.8) is 0 Å². The predicted octanol–water partition coefficient (Wildman–Crippen LogP) is -0.984. The molecule has 0 radical (unpaired) electrons. The van der Waals surface area contributed by atoms with E-state index in [0.717, 1.165) is 0 Å². The molecule has 1 aliphatic heterocycles. The van der Waals surface area contributed by atoms with Gasteiger partial charge in [-0.2, -0.15) is 0 Å². The molecule has 1 fully saturated rings. The van der Waals surface area contributed by atoms with Crippen molar-refractivity contribution in [2.24, 2.45) is 5.73 Å². The van der Waals surface area contributed by atoms with Crippen molar-refractivity contribution < 1.29 is 9.84 Å². The molecule has 5 N–H and O–H groups in total. The maximum atomic E-state index is 9.99. The van der Waals surface area contributed by atoms with Gasteiger partial charge in [-0.3, -0.25) is 4.57 Å². The summed E-state index contributed by atoms with van der Waals surface area (Å²) in [5.41, 5.74) is 12.3. The summed E-state index contributed by atoms with van der Waals surface area (Å²) in [5, 5.41) is 9.99. The molecule has 96 valence electrons. The monoisotopic (exact) mass is 250 g/mol. The number of imidazole rings is 1. The van der Waals surface area contributed by atoms with Crippen molar-refractivity contribution in [2.45, 2.75) is 24.9 Å². The number of anilines is 1. The van der Waals surface area contributed by atoms with E-state index < -0.39 is 12.3 Å². The average Bonchev–Trinajstić information content (AvgIpc) is 2.93. The molecular weight excluding hydrogens is 236 g/mol. The van der Waals surface area contributed by atoms with Gasteiger partial charge in [0.2, 0.25) is 0 Å². The quantitative estimate of drug-likeness (QED) is 0.625. The van der Waals surface area contributed by atoms with Gasteiger partial charge in [-0.1, -0.05) is 0 Å². The van der Waals surface area contributed by atoms with Gasteiger partial charge in [0.05, 0.1) is 12.4 Å². The van der Waals surface area contributed by atoms with Crippen LogP contribution in [0.4, 0.5) is 5.82 Å². The molecule has 0 spiro atoms. The molecule has 0 amide bonds. The van der Waals surface area contributed by atoms with Crippen LogP contribution < -0.4 is 11.5 Å². The van der Waals surface area contributed by atoms with Crippen LogP contribution in [0.15, 0.2) is 12.7 Å². The number of nitrogen functional groups attached to an aromatic ring is 1. The lowest BCUT2D eigenvalue weighted by Crippen LogP contribution is -2.20. The van der Waals surface area contributed by atoms with Gasteiger partial charge >= 0.3 is 0 Å². The second-order valence-corrected chi connectivity index (χ2v) is 4.27. The molecule has 3 unspecified atom stereocenters. The van der Waals surface area contributed by atoms with E-state index in [1.807, 2.05) is 0 Å². The first kappa shape index (κ1) is 11.3. The minimum Gasteiger partial charge on any atom is -0.388 e. The van der Waals surface area contributed by atoms with Gasteiger partial charge in [-0.25, -0.2) is 15.0 Å². The number of aliphatic hydroxyl groups excluding tert-OH is 1. The number of aliphatic hydroxyl groups is 1. The lowest BCUT2D eigenvalue weighted by molar-refractivity contribution is -0.0321. The van der Waals surface area contributed by atoms with Gasteiger partial charge in [-0.15, -0.1) is 0 Å². The van der Waals surface area contributed by atoms with E-state index in [9.17, 15) is 5.11 Å². The molecule has 3 rings (SSSR count). The zero-order valence-corrected chi connectivity index (χ0v) is 9.60. The van der Waals surface area contributed by atoms with E-state index >= 15 is 0 Å². The lowest BCUT2D eigenvalue weighted by atomic mass is 10.2. The third-order valence-corrected chi connectivity index (χ3v) is 3.09. The molecule has 3 heterocycles. The Morgan fingerprint density at radius 2 is 2.28 bits per heavy atom. The van der Waals surface area contributed by atoms with Gasteiger partial charge in [-0.05, 0) is 0 Å². The third kappa shape index (κ3) is 1.62. The molecule has 3 atom stereocenters. The Morgan fingerprint density at radius 1 is 1.44 bits per heavy atom. The third-order valence-electron chi connectivity index (χ3n) is 3.09. The standard InChI is InChI=1S/C10H14N6O2/c11-2-5-1-6(17)10(18-5)16-4-15-7-8(12)13-3-14-9(7)16/h3-6,10,17H,1-2,11H2,(H2,12,13,14). The molecule has 0 saturated carbocycles. The van der Waals surface area contributed by atoms with Crippen LogP contribution in [0.1, 0.15) is 12.6 Å². The fourth-order valence-electron chi connectivity index (χ4n) is 2.19. The number of nitrogens with zero attached hydrogens (tertiary/aromatic N) is 4. The van der Waals surface area contributed by atoms with Gasteiger partial charge in [0.1, 0.15) is 17.9 Å². The lowest BCUT2D eigenvalue weighted by Gasteiger charge is -2.16. The van der Waals surface area contributed by atoms with Crippen molar-refractivity contribution in [2.75, 3.05) is 12.3 Å². The summed E-state index contributed by atoms with van der Waals surface area (Å²) >= 11 is 0. The first-order valence-corrected chi connectivity index (χ1v) is 5.67. The molecule has 0 aromatic carbocycles. The Hall–Kier alpha value is -1.77. The molecule has 1 aliphatic rings. The van der Waals surface area contributed by atoms with E-state index in [0.29, 0.717) is 29.9 Å². The Labute approximate surface area is 103 Å². The minimum atomic E-state index is -0.632. The second-order valence-electron chi connectivity index (χ2n) is 4.27. The van der Waals surface area contributed by atoms with Crippen LogP contribution in [0.25, 0.3) is 11.2 Å². The molecule has 1 saturated heterocycles. The SMILES string of the molecule is NCC1CC(O)C(n2cnc3c(N)ncnc32)O1. The van der Waals surface area contributed by atoms with Crippen LogP contribution in [-0.2, 0) is 4.74 Å². The summed E-state index contributed by atoms with van der Waals surface area (Å²) in [7, 11) is 0. The summed E-state index contributed by atoms with van der Waals surface area (Å²) in [6.45, 7) is 0.372. The topological polar surface area (TPSA) is 125 Å². The summed E-state index contributed by atoms with van der Waals surface area (Å²) in [5.74, 6) is 0.307. The highest BCUT2D eigenvalue weighted by atomic mass is 16.5. The van der Waals surface area contributed by atoms with Crippen molar-refractivity contribution in [1.82, 2.24) is 19.5 Å². The van der Waals surface area contributed by atoms with E-state index in [-0.39, 0.29) is 6.10 Å². The molecule has 8 heteroatoms. The van der Waals surface area contributed by atoms with Crippen molar-refractivity contribution >= 4 is 17.0 Å². The maximum absolute atomic E-state index is 9.99. The Kier molecular flexibility index (Phi) is 2.62. The highest BCUT2D eigenvalue weighted by Crippen LogP contribution is 2.30. The summed E-state index contributed by atoms with van der Waals surface area (Å²) in [6.07, 6.45) is 2.09. The van der Waals surface area contributed by atoms with Crippen LogP contribution in [0.2, 0.25) is 0 Å². The van der Waals surface area contributed by atoms with Crippen LogP contribution in [0.5, 0.6) is 0 Å². The van der Waals surface area contributed by atoms with Crippen molar-refractivity contribution in [3.05, 3.63) is 12.7 Å². The van der Waals surface area contributed by atoms with Crippen molar-refractivity contribution in [3.8, 4) is 0 Å². The molecule has 2 aromatic heterocycles. The number of hydrogen-bond acceptors (Lipinski definition) is 7. The number of rotatable bonds is 2. The molecule has 2 aromatic rings. The summed E-state index contributed by atoms with van der Waals surface area (Å²) in [6, 6.07) is 0. The number of nitrogens with two attached hydrogens (primary N) is 2. The largest absolute Gasteiger partial charge is 0.388 e. The highest BCUT2D eigenvalue weighted by molar-refractivity contribution is 5.81. The fourth-order valence-corrected chi connectivity index (χ4v) is 2.19. The van der Waals surface area contributed by atoms with Crippen LogP contribution in [-0.4, -0.2) is 43.4 Å². The molecular formula is C10H14N6O2. The van der Waals surface area contributed by atoms with Crippen LogP contribution >= 0.6 is 0 Å². The zero-order valence-electron chi connectivity index (χ0n) is 9.60. The first-order valence-electron chi connectivity index (χ1n) is 5.67. The normalized spacial score (nSPS) is 28.0. The van der Waals surface area contributed by atoms with Gasteiger partial charge in [0, 0.05) is 13.0 Å². The second kappa shape index (κ2) is 4.16. The van der Waals surface area contributed by atoms with Gasteiger partial charge in [0.25, 0.3) is 0 Å². The molecule has 8 nitrogen and oxygen atoms in total. The maximum Gasteiger partial charge on any atom is 0.167 e. The minimum absolute atomic E-state index is 0.151. The summed E-state index contributed by atoms with van der Waals surface area (Å²) in [4.78, 5) is 12.1. The number of fused-ring (bicyclic) bond motifs is 1. The Bertz CT molecular complexity index is 570. The van der Waals surface area contributed by atoms with E-state index in [1.54, 1.807) is 10.9 Å². The molecule has 18 heavy (non-hydrogen) atoms. The zero-order chi connectivity index (χ0) is 12.7. The number of ether oxygens (including phenoxy) is 1. The smallest absolute Gasteiger partial charge is 0.167 e.